The molecule has 5 heteroatoms. The van der Waals surface area contributed by atoms with Crippen LogP contribution >= 0.6 is 0 Å². The molecule has 0 aromatic carbocycles. The number of likely N-dealkylation sites (tertiary alicyclic amines) is 1. The molecule has 120 valence electrons. The number of hydrogen-bond donors (Lipinski definition) is 3. The third-order valence-corrected chi connectivity index (χ3v) is 4.75. The van der Waals surface area contributed by atoms with Crippen molar-refractivity contribution in [2.24, 2.45) is 5.92 Å². The largest absolute Gasteiger partial charge is 0.396 e. The average Bonchev–Trinajstić information content (AvgIpc) is 2.50. The van der Waals surface area contributed by atoms with Gasteiger partial charge in [0.1, 0.15) is 0 Å². The lowest BCUT2D eigenvalue weighted by Crippen LogP contribution is -2.50. The average molecular weight is 295 g/mol. The Morgan fingerprint density at radius 2 is 1.67 bits per heavy atom. The molecule has 2 aliphatic rings. The van der Waals surface area contributed by atoms with Crippen molar-refractivity contribution in [2.75, 3.05) is 26.2 Å². The van der Waals surface area contributed by atoms with Crippen molar-refractivity contribution in [1.29, 1.82) is 0 Å². The lowest BCUT2D eigenvalue weighted by molar-refractivity contribution is 0.172. The van der Waals surface area contributed by atoms with Crippen LogP contribution in [0.25, 0.3) is 0 Å². The van der Waals surface area contributed by atoms with Crippen molar-refractivity contribution in [3.8, 4) is 0 Å². The number of aliphatic hydroxyl groups is 1. The maximum atomic E-state index is 12.0. The van der Waals surface area contributed by atoms with Crippen LogP contribution in [0.15, 0.2) is 12.7 Å². The summed E-state index contributed by atoms with van der Waals surface area (Å²) in [5.41, 5.74) is 0. The van der Waals surface area contributed by atoms with E-state index in [1.807, 2.05) is 6.08 Å². The van der Waals surface area contributed by atoms with Gasteiger partial charge in [-0.2, -0.15) is 0 Å². The first kappa shape index (κ1) is 16.3. The number of nitrogens with zero attached hydrogens (tertiary/aromatic N) is 1. The number of carbonyl (C=O) groups is 1. The zero-order chi connectivity index (χ0) is 15.1. The molecule has 0 aromatic rings. The SMILES string of the molecule is C=CCN1CCC(NC(=O)NC2CCC(CO)CC2)CC1. The molecule has 5 nitrogen and oxygen atoms in total. The van der Waals surface area contributed by atoms with E-state index in [0.717, 1.165) is 58.2 Å². The number of carbonyl (C=O) groups excluding carboxylic acids is 1. The van der Waals surface area contributed by atoms with Crippen LogP contribution in [0.4, 0.5) is 4.79 Å². The van der Waals surface area contributed by atoms with Gasteiger partial charge in [0.05, 0.1) is 0 Å². The van der Waals surface area contributed by atoms with Crippen LogP contribution in [0, 0.1) is 5.92 Å². The second kappa shape index (κ2) is 8.39. The highest BCUT2D eigenvalue weighted by atomic mass is 16.3. The van der Waals surface area contributed by atoms with Crippen molar-refractivity contribution in [2.45, 2.75) is 50.6 Å². The predicted molar refractivity (Wildman–Crippen MR) is 84.2 cm³/mol. The predicted octanol–water partition coefficient (Wildman–Crippen LogP) is 1.49. The number of hydrogen-bond acceptors (Lipinski definition) is 3. The Kier molecular flexibility index (Phi) is 6.51. The summed E-state index contributed by atoms with van der Waals surface area (Å²) in [5.74, 6) is 0.431. The zero-order valence-corrected chi connectivity index (χ0v) is 12.9. The van der Waals surface area contributed by atoms with Crippen LogP contribution in [0.5, 0.6) is 0 Å². The molecule has 0 bridgehead atoms. The van der Waals surface area contributed by atoms with Gasteiger partial charge in [-0.15, -0.1) is 6.58 Å². The first-order valence-corrected chi connectivity index (χ1v) is 8.22. The van der Waals surface area contributed by atoms with Crippen LogP contribution < -0.4 is 10.6 Å². The third-order valence-electron chi connectivity index (χ3n) is 4.75. The van der Waals surface area contributed by atoms with Gasteiger partial charge in [0, 0.05) is 38.3 Å². The molecule has 0 aromatic heterocycles. The maximum absolute atomic E-state index is 12.0. The maximum Gasteiger partial charge on any atom is 0.315 e. The van der Waals surface area contributed by atoms with E-state index >= 15 is 0 Å². The fourth-order valence-corrected chi connectivity index (χ4v) is 3.34. The van der Waals surface area contributed by atoms with E-state index in [1.165, 1.54) is 0 Å². The summed E-state index contributed by atoms with van der Waals surface area (Å²) in [5, 5.41) is 15.3. The Morgan fingerprint density at radius 3 is 2.19 bits per heavy atom. The molecule has 2 fully saturated rings. The standard InChI is InChI=1S/C16H29N3O2/c1-2-9-19-10-7-15(8-11-19)18-16(21)17-14-5-3-13(12-20)4-6-14/h2,13-15,20H,1,3-12H2,(H2,17,18,21). The van der Waals surface area contributed by atoms with Gasteiger partial charge in [0.15, 0.2) is 0 Å². The molecule has 1 aliphatic heterocycles. The van der Waals surface area contributed by atoms with Gasteiger partial charge in [-0.1, -0.05) is 6.08 Å². The minimum atomic E-state index is -0.0235. The molecule has 2 amide bonds. The number of rotatable bonds is 5. The van der Waals surface area contributed by atoms with Crippen LogP contribution in [-0.4, -0.2) is 54.4 Å². The van der Waals surface area contributed by atoms with Crippen LogP contribution in [0.3, 0.4) is 0 Å². The molecule has 1 saturated heterocycles. The first-order chi connectivity index (χ1) is 10.2. The van der Waals surface area contributed by atoms with Crippen molar-refractivity contribution in [3.05, 3.63) is 12.7 Å². The van der Waals surface area contributed by atoms with E-state index in [1.54, 1.807) is 0 Å². The summed E-state index contributed by atoms with van der Waals surface area (Å²) < 4.78 is 0. The van der Waals surface area contributed by atoms with Gasteiger partial charge in [0.25, 0.3) is 0 Å². The Morgan fingerprint density at radius 1 is 1.10 bits per heavy atom. The Balaban J connectivity index is 1.63. The number of aliphatic hydroxyl groups excluding tert-OH is 1. The second-order valence-corrected chi connectivity index (χ2v) is 6.38. The molecule has 1 saturated carbocycles. The van der Waals surface area contributed by atoms with E-state index in [9.17, 15) is 4.79 Å². The zero-order valence-electron chi connectivity index (χ0n) is 12.9. The number of amides is 2. The smallest absolute Gasteiger partial charge is 0.315 e. The molecule has 0 spiro atoms. The van der Waals surface area contributed by atoms with Gasteiger partial charge in [0.2, 0.25) is 0 Å². The molecule has 1 heterocycles. The Hall–Kier alpha value is -1.07. The summed E-state index contributed by atoms with van der Waals surface area (Å²) in [6.07, 6.45) is 7.95. The molecule has 1 aliphatic carbocycles. The first-order valence-electron chi connectivity index (χ1n) is 8.22. The van der Waals surface area contributed by atoms with Crippen LogP contribution in [-0.2, 0) is 0 Å². The summed E-state index contributed by atoms with van der Waals surface area (Å²) in [6, 6.07) is 0.540. The molecule has 0 atom stereocenters. The molecule has 2 rings (SSSR count). The molecule has 0 unspecified atom stereocenters. The number of nitrogens with one attached hydrogen (secondary N) is 2. The van der Waals surface area contributed by atoms with Gasteiger partial charge in [-0.05, 0) is 44.4 Å². The summed E-state index contributed by atoms with van der Waals surface area (Å²) in [6.45, 7) is 7.03. The third kappa shape index (κ3) is 5.32. The van der Waals surface area contributed by atoms with E-state index in [2.05, 4.69) is 22.1 Å². The van der Waals surface area contributed by atoms with Gasteiger partial charge >= 0.3 is 6.03 Å². The van der Waals surface area contributed by atoms with E-state index in [0.29, 0.717) is 12.0 Å². The normalized spacial score (nSPS) is 28.0. The van der Waals surface area contributed by atoms with Gasteiger partial charge < -0.3 is 15.7 Å². The van der Waals surface area contributed by atoms with Crippen molar-refractivity contribution < 1.29 is 9.90 Å². The Bertz CT molecular complexity index is 332. The summed E-state index contributed by atoms with van der Waals surface area (Å²) in [4.78, 5) is 14.4. The highest BCUT2D eigenvalue weighted by Gasteiger charge is 2.24. The molecular formula is C16H29N3O2. The van der Waals surface area contributed by atoms with Gasteiger partial charge in [-0.25, -0.2) is 4.79 Å². The highest BCUT2D eigenvalue weighted by molar-refractivity contribution is 5.74. The van der Waals surface area contributed by atoms with E-state index in [4.69, 9.17) is 5.11 Å². The van der Waals surface area contributed by atoms with Crippen molar-refractivity contribution >= 4 is 6.03 Å². The van der Waals surface area contributed by atoms with E-state index < -0.39 is 0 Å². The number of piperidine rings is 1. The lowest BCUT2D eigenvalue weighted by atomic mass is 9.87. The quantitative estimate of drug-likeness (QED) is 0.673. The molecule has 0 radical (unpaired) electrons. The van der Waals surface area contributed by atoms with Crippen molar-refractivity contribution in [3.63, 3.8) is 0 Å². The topological polar surface area (TPSA) is 64.6 Å². The van der Waals surface area contributed by atoms with Gasteiger partial charge in [-0.3, -0.25) is 4.90 Å². The highest BCUT2D eigenvalue weighted by Crippen LogP contribution is 2.23. The summed E-state index contributed by atoms with van der Waals surface area (Å²) in [7, 11) is 0. The van der Waals surface area contributed by atoms with E-state index in [-0.39, 0.29) is 18.7 Å². The van der Waals surface area contributed by atoms with Crippen LogP contribution in [0.1, 0.15) is 38.5 Å². The molecular weight excluding hydrogens is 266 g/mol. The second-order valence-electron chi connectivity index (χ2n) is 6.38. The minimum absolute atomic E-state index is 0.0235. The number of urea groups is 1. The molecule has 21 heavy (non-hydrogen) atoms. The van der Waals surface area contributed by atoms with Crippen LogP contribution in [0.2, 0.25) is 0 Å². The monoisotopic (exact) mass is 295 g/mol. The fraction of sp³-hybridized carbons (Fsp3) is 0.812. The minimum Gasteiger partial charge on any atom is -0.396 e. The summed E-state index contributed by atoms with van der Waals surface area (Å²) >= 11 is 0. The molecule has 3 N–H and O–H groups in total. The van der Waals surface area contributed by atoms with Crippen molar-refractivity contribution in [1.82, 2.24) is 15.5 Å². The Labute approximate surface area is 127 Å². The lowest BCUT2D eigenvalue weighted by Gasteiger charge is -2.32. The fourth-order valence-electron chi connectivity index (χ4n) is 3.34.